The predicted octanol–water partition coefficient (Wildman–Crippen LogP) is 2.60. The number of hydrogen-bond donors (Lipinski definition) is 0. The SMILES string of the molecule is Fc1cncc(-c2cn3ccsc3n2)c1. The Bertz CT molecular complexity index is 585. The summed E-state index contributed by atoms with van der Waals surface area (Å²) in [7, 11) is 0. The molecule has 0 atom stereocenters. The fourth-order valence-electron chi connectivity index (χ4n) is 1.42. The topological polar surface area (TPSA) is 30.2 Å². The van der Waals surface area contributed by atoms with Crippen LogP contribution < -0.4 is 0 Å². The Morgan fingerprint density at radius 3 is 3.07 bits per heavy atom. The molecule has 0 saturated heterocycles. The molecule has 0 aliphatic heterocycles. The van der Waals surface area contributed by atoms with Gasteiger partial charge in [0.25, 0.3) is 0 Å². The standard InChI is InChI=1S/C10H6FN3S/c11-8-3-7(4-12-5-8)9-6-14-1-2-15-10(14)13-9/h1-6H. The fourth-order valence-corrected chi connectivity index (χ4v) is 2.12. The van der Waals surface area contributed by atoms with Crippen molar-refractivity contribution in [2.75, 3.05) is 0 Å². The summed E-state index contributed by atoms with van der Waals surface area (Å²) in [5.74, 6) is -0.344. The number of fused-ring (bicyclic) bond motifs is 1. The minimum atomic E-state index is -0.344. The molecule has 5 heteroatoms. The van der Waals surface area contributed by atoms with Crippen LogP contribution in [0.5, 0.6) is 0 Å². The van der Waals surface area contributed by atoms with Crippen LogP contribution in [-0.2, 0) is 0 Å². The number of imidazole rings is 1. The third kappa shape index (κ3) is 1.41. The first-order valence-corrected chi connectivity index (χ1v) is 5.24. The van der Waals surface area contributed by atoms with Crippen LogP contribution in [0.2, 0.25) is 0 Å². The number of pyridine rings is 1. The molecule has 3 aromatic rings. The second-order valence-electron chi connectivity index (χ2n) is 3.11. The third-order valence-electron chi connectivity index (χ3n) is 2.09. The van der Waals surface area contributed by atoms with Crippen molar-refractivity contribution in [3.63, 3.8) is 0 Å². The molecular weight excluding hydrogens is 213 g/mol. The molecule has 74 valence electrons. The lowest BCUT2D eigenvalue weighted by atomic mass is 10.2. The second kappa shape index (κ2) is 3.13. The molecule has 3 aromatic heterocycles. The first kappa shape index (κ1) is 8.55. The van der Waals surface area contributed by atoms with Crippen molar-refractivity contribution in [2.45, 2.75) is 0 Å². The summed E-state index contributed by atoms with van der Waals surface area (Å²) in [5.41, 5.74) is 1.44. The highest BCUT2D eigenvalue weighted by atomic mass is 32.1. The monoisotopic (exact) mass is 219 g/mol. The van der Waals surface area contributed by atoms with E-state index < -0.39 is 0 Å². The molecule has 0 fully saturated rings. The van der Waals surface area contributed by atoms with Crippen molar-refractivity contribution in [3.05, 3.63) is 42.1 Å². The van der Waals surface area contributed by atoms with Gasteiger partial charge >= 0.3 is 0 Å². The van der Waals surface area contributed by atoms with Crippen LogP contribution in [-0.4, -0.2) is 14.4 Å². The Morgan fingerprint density at radius 2 is 2.27 bits per heavy atom. The smallest absolute Gasteiger partial charge is 0.194 e. The number of aromatic nitrogens is 3. The maximum absolute atomic E-state index is 12.9. The van der Waals surface area contributed by atoms with Crippen LogP contribution in [0.25, 0.3) is 16.2 Å². The molecule has 3 rings (SSSR count). The predicted molar refractivity (Wildman–Crippen MR) is 56.3 cm³/mol. The summed E-state index contributed by atoms with van der Waals surface area (Å²) in [6.45, 7) is 0. The number of rotatable bonds is 1. The van der Waals surface area contributed by atoms with Crippen LogP contribution in [0, 0.1) is 5.82 Å². The summed E-state index contributed by atoms with van der Waals surface area (Å²) in [6, 6.07) is 1.43. The van der Waals surface area contributed by atoms with Gasteiger partial charge in [-0.15, -0.1) is 11.3 Å². The van der Waals surface area contributed by atoms with Crippen LogP contribution in [0.3, 0.4) is 0 Å². The van der Waals surface area contributed by atoms with Crippen molar-refractivity contribution in [3.8, 4) is 11.3 Å². The van der Waals surface area contributed by atoms with E-state index in [0.717, 1.165) is 10.7 Å². The second-order valence-corrected chi connectivity index (χ2v) is 3.98. The zero-order chi connectivity index (χ0) is 10.3. The van der Waals surface area contributed by atoms with E-state index in [1.807, 2.05) is 22.2 Å². The van der Waals surface area contributed by atoms with E-state index in [-0.39, 0.29) is 5.82 Å². The molecule has 0 aliphatic rings. The van der Waals surface area contributed by atoms with Gasteiger partial charge in [-0.1, -0.05) is 0 Å². The molecule has 0 bridgehead atoms. The largest absolute Gasteiger partial charge is 0.297 e. The highest BCUT2D eigenvalue weighted by molar-refractivity contribution is 7.15. The van der Waals surface area contributed by atoms with Crippen molar-refractivity contribution in [1.82, 2.24) is 14.4 Å². The van der Waals surface area contributed by atoms with E-state index >= 15 is 0 Å². The average Bonchev–Trinajstić information content (AvgIpc) is 2.76. The van der Waals surface area contributed by atoms with Crippen LogP contribution in [0.1, 0.15) is 0 Å². The van der Waals surface area contributed by atoms with Gasteiger partial charge in [0.05, 0.1) is 11.9 Å². The lowest BCUT2D eigenvalue weighted by molar-refractivity contribution is 0.622. The molecule has 3 nitrogen and oxygen atoms in total. The summed E-state index contributed by atoms with van der Waals surface area (Å²) < 4.78 is 14.8. The highest BCUT2D eigenvalue weighted by Crippen LogP contribution is 2.20. The molecule has 0 spiro atoms. The van der Waals surface area contributed by atoms with E-state index in [2.05, 4.69) is 9.97 Å². The molecular formula is C10H6FN3S. The number of nitrogens with zero attached hydrogens (tertiary/aromatic N) is 3. The van der Waals surface area contributed by atoms with Crippen LogP contribution in [0.4, 0.5) is 4.39 Å². The van der Waals surface area contributed by atoms with Gasteiger partial charge in [0.15, 0.2) is 4.96 Å². The van der Waals surface area contributed by atoms with E-state index in [1.54, 1.807) is 17.5 Å². The molecule has 0 saturated carbocycles. The van der Waals surface area contributed by atoms with Gasteiger partial charge in [-0.2, -0.15) is 0 Å². The van der Waals surface area contributed by atoms with Gasteiger partial charge < -0.3 is 0 Å². The molecule has 0 N–H and O–H groups in total. The Kier molecular flexibility index (Phi) is 1.78. The fraction of sp³-hybridized carbons (Fsp3) is 0. The van der Waals surface area contributed by atoms with Gasteiger partial charge in [-0.05, 0) is 6.07 Å². The quantitative estimate of drug-likeness (QED) is 0.629. The van der Waals surface area contributed by atoms with Crippen molar-refractivity contribution < 1.29 is 4.39 Å². The average molecular weight is 219 g/mol. The minimum Gasteiger partial charge on any atom is -0.297 e. The number of halogens is 1. The van der Waals surface area contributed by atoms with E-state index in [0.29, 0.717) is 5.56 Å². The van der Waals surface area contributed by atoms with Gasteiger partial charge in [0.2, 0.25) is 0 Å². The van der Waals surface area contributed by atoms with Gasteiger partial charge in [-0.25, -0.2) is 9.37 Å². The zero-order valence-electron chi connectivity index (χ0n) is 7.59. The summed E-state index contributed by atoms with van der Waals surface area (Å²) in [4.78, 5) is 9.05. The Morgan fingerprint density at radius 1 is 1.33 bits per heavy atom. The lowest BCUT2D eigenvalue weighted by Crippen LogP contribution is -1.82. The minimum absolute atomic E-state index is 0.344. The Balaban J connectivity index is 2.17. The zero-order valence-corrected chi connectivity index (χ0v) is 8.41. The summed E-state index contributed by atoms with van der Waals surface area (Å²) in [6.07, 6.45) is 6.57. The third-order valence-corrected chi connectivity index (χ3v) is 2.86. The normalized spacial score (nSPS) is 11.0. The van der Waals surface area contributed by atoms with Gasteiger partial charge in [-0.3, -0.25) is 9.38 Å². The maximum atomic E-state index is 12.9. The number of hydrogen-bond acceptors (Lipinski definition) is 3. The molecule has 3 heterocycles. The molecule has 0 radical (unpaired) electrons. The molecule has 0 aromatic carbocycles. The van der Waals surface area contributed by atoms with Crippen molar-refractivity contribution >= 4 is 16.3 Å². The molecule has 0 unspecified atom stereocenters. The Labute approximate surface area is 88.9 Å². The molecule has 15 heavy (non-hydrogen) atoms. The van der Waals surface area contributed by atoms with Crippen molar-refractivity contribution in [1.29, 1.82) is 0 Å². The van der Waals surface area contributed by atoms with Gasteiger partial charge in [0, 0.05) is 29.5 Å². The lowest BCUT2D eigenvalue weighted by Gasteiger charge is -1.94. The number of thiazole rings is 1. The van der Waals surface area contributed by atoms with E-state index in [9.17, 15) is 4.39 Å². The Hall–Kier alpha value is -1.75. The summed E-state index contributed by atoms with van der Waals surface area (Å²) >= 11 is 1.54. The highest BCUT2D eigenvalue weighted by Gasteiger charge is 2.05. The van der Waals surface area contributed by atoms with E-state index in [1.165, 1.54) is 12.3 Å². The first-order chi connectivity index (χ1) is 7.33. The van der Waals surface area contributed by atoms with Crippen molar-refractivity contribution in [2.24, 2.45) is 0 Å². The van der Waals surface area contributed by atoms with E-state index in [4.69, 9.17) is 0 Å². The maximum Gasteiger partial charge on any atom is 0.194 e. The molecule has 0 aliphatic carbocycles. The van der Waals surface area contributed by atoms with Gasteiger partial charge in [0.1, 0.15) is 5.82 Å². The molecule has 0 amide bonds. The van der Waals surface area contributed by atoms with Crippen LogP contribution >= 0.6 is 11.3 Å². The summed E-state index contributed by atoms with van der Waals surface area (Å²) in [5, 5.41) is 1.95. The van der Waals surface area contributed by atoms with Crippen LogP contribution in [0.15, 0.2) is 36.2 Å². The first-order valence-electron chi connectivity index (χ1n) is 4.36.